The van der Waals surface area contributed by atoms with Gasteiger partial charge in [-0.05, 0) is 84.3 Å². The molecule has 266 valence electrons. The molecule has 0 N–H and O–H groups in total. The van der Waals surface area contributed by atoms with Crippen molar-refractivity contribution in [3.05, 3.63) is 131 Å². The van der Waals surface area contributed by atoms with Crippen LogP contribution in [0.5, 0.6) is 0 Å². The summed E-state index contributed by atoms with van der Waals surface area (Å²) in [4.78, 5) is 33.2. The van der Waals surface area contributed by atoms with Gasteiger partial charge in [0.1, 0.15) is 0 Å². The van der Waals surface area contributed by atoms with Crippen molar-refractivity contribution in [2.75, 3.05) is 33.2 Å². The van der Waals surface area contributed by atoms with E-state index in [1.54, 1.807) is 4.90 Å². The smallest absolute Gasteiger partial charge is 0.254 e. The summed E-state index contributed by atoms with van der Waals surface area (Å²) in [5.41, 5.74) is 7.55. The summed E-state index contributed by atoms with van der Waals surface area (Å²) >= 11 is 0. The maximum atomic E-state index is 14.0. The van der Waals surface area contributed by atoms with E-state index in [1.165, 1.54) is 50.5 Å². The highest BCUT2D eigenvalue weighted by Gasteiger charge is 2.18. The Morgan fingerprint density at radius 2 is 1.06 bits per heavy atom. The number of carbonyl (C=O) groups excluding carboxylic acids is 2. The summed E-state index contributed by atoms with van der Waals surface area (Å²) < 4.78 is 0. The molecule has 4 aromatic carbocycles. The van der Waals surface area contributed by atoms with Crippen LogP contribution in [0.2, 0.25) is 0 Å². The monoisotopic (exact) mass is 673 g/mol. The van der Waals surface area contributed by atoms with Crippen LogP contribution < -0.4 is 0 Å². The van der Waals surface area contributed by atoms with Gasteiger partial charge in [-0.25, -0.2) is 0 Å². The second kappa shape index (κ2) is 21.1. The van der Waals surface area contributed by atoms with Gasteiger partial charge < -0.3 is 14.7 Å². The summed E-state index contributed by atoms with van der Waals surface area (Å²) in [6.45, 7) is 11.6. The SMILES string of the molecule is CCCCCc1ccc(C(=O)N(CCN(CCCC)CCCC)Cc2ccc(-c3ccc(CC(=O)N(C)Cc4ccccc4)cc3)cc2)cc1. The molecule has 0 atom stereocenters. The van der Waals surface area contributed by atoms with E-state index in [0.717, 1.165) is 59.4 Å². The average Bonchev–Trinajstić information content (AvgIpc) is 3.15. The van der Waals surface area contributed by atoms with Crippen molar-refractivity contribution in [1.29, 1.82) is 0 Å². The topological polar surface area (TPSA) is 43.9 Å². The predicted octanol–water partition coefficient (Wildman–Crippen LogP) is 9.83. The summed E-state index contributed by atoms with van der Waals surface area (Å²) in [7, 11) is 1.86. The Balaban J connectivity index is 1.41. The zero-order chi connectivity index (χ0) is 35.6. The lowest BCUT2D eigenvalue weighted by Crippen LogP contribution is -2.39. The van der Waals surface area contributed by atoms with Gasteiger partial charge in [-0.2, -0.15) is 0 Å². The van der Waals surface area contributed by atoms with Gasteiger partial charge in [0.25, 0.3) is 5.91 Å². The largest absolute Gasteiger partial charge is 0.341 e. The van der Waals surface area contributed by atoms with Gasteiger partial charge in [0.05, 0.1) is 6.42 Å². The highest BCUT2D eigenvalue weighted by atomic mass is 16.2. The van der Waals surface area contributed by atoms with E-state index in [2.05, 4.69) is 86.3 Å². The molecule has 5 nitrogen and oxygen atoms in total. The molecular formula is C45H59N3O2. The maximum Gasteiger partial charge on any atom is 0.254 e. The number of carbonyl (C=O) groups is 2. The minimum Gasteiger partial charge on any atom is -0.341 e. The van der Waals surface area contributed by atoms with E-state index in [4.69, 9.17) is 0 Å². The van der Waals surface area contributed by atoms with E-state index in [1.807, 2.05) is 54.4 Å². The number of nitrogens with zero attached hydrogens (tertiary/aromatic N) is 3. The quantitative estimate of drug-likeness (QED) is 0.0828. The fourth-order valence-electron chi connectivity index (χ4n) is 6.28. The molecule has 50 heavy (non-hydrogen) atoms. The summed E-state index contributed by atoms with van der Waals surface area (Å²) in [6, 6.07) is 35.3. The van der Waals surface area contributed by atoms with Crippen molar-refractivity contribution in [2.45, 2.75) is 91.6 Å². The van der Waals surface area contributed by atoms with Crippen molar-refractivity contribution >= 4 is 11.8 Å². The standard InChI is InChI=1S/C45H59N3O2/c1-5-8-12-15-37-18-28-43(29-19-37)45(50)48(33-32-47(30-9-6-2)31-10-7-3)36-40-22-26-42(27-23-40)41-24-20-38(21-25-41)34-44(49)46(4)35-39-16-13-11-14-17-39/h11,13-14,16-29H,5-10,12,15,30-36H2,1-4H3. The number of rotatable bonds is 21. The van der Waals surface area contributed by atoms with E-state index in [0.29, 0.717) is 26.1 Å². The molecule has 0 aliphatic rings. The second-order valence-corrected chi connectivity index (χ2v) is 13.7. The summed E-state index contributed by atoms with van der Waals surface area (Å²) in [5.74, 6) is 0.200. The normalized spacial score (nSPS) is 11.1. The van der Waals surface area contributed by atoms with Gasteiger partial charge in [0.2, 0.25) is 5.91 Å². The fourth-order valence-corrected chi connectivity index (χ4v) is 6.28. The van der Waals surface area contributed by atoms with Gasteiger partial charge in [-0.3, -0.25) is 9.59 Å². The van der Waals surface area contributed by atoms with E-state index >= 15 is 0 Å². The van der Waals surface area contributed by atoms with Crippen LogP contribution in [0, 0.1) is 0 Å². The van der Waals surface area contributed by atoms with Gasteiger partial charge in [0.15, 0.2) is 0 Å². The molecule has 0 heterocycles. The van der Waals surface area contributed by atoms with Crippen molar-refractivity contribution in [1.82, 2.24) is 14.7 Å². The Morgan fingerprint density at radius 1 is 0.520 bits per heavy atom. The Labute approximate surface area is 302 Å². The molecule has 4 rings (SSSR count). The first-order valence-electron chi connectivity index (χ1n) is 19.0. The highest BCUT2D eigenvalue weighted by molar-refractivity contribution is 5.94. The minimum atomic E-state index is 0.0969. The van der Waals surface area contributed by atoms with Crippen molar-refractivity contribution in [3.63, 3.8) is 0 Å². The Morgan fingerprint density at radius 3 is 1.64 bits per heavy atom. The molecular weight excluding hydrogens is 615 g/mol. The van der Waals surface area contributed by atoms with Crippen LogP contribution in [0.3, 0.4) is 0 Å². The minimum absolute atomic E-state index is 0.0969. The molecule has 0 aromatic heterocycles. The first-order valence-corrected chi connectivity index (χ1v) is 19.0. The third kappa shape index (κ3) is 12.6. The molecule has 0 aliphatic carbocycles. The number of amides is 2. The Kier molecular flexibility index (Phi) is 16.3. The zero-order valence-electron chi connectivity index (χ0n) is 31.1. The van der Waals surface area contributed by atoms with Crippen LogP contribution in [0.15, 0.2) is 103 Å². The lowest BCUT2D eigenvalue weighted by Gasteiger charge is -2.28. The fraction of sp³-hybridized carbons (Fsp3) is 0.422. The molecule has 0 saturated carbocycles. The molecule has 0 unspecified atom stereocenters. The van der Waals surface area contributed by atoms with Crippen molar-refractivity contribution in [3.8, 4) is 11.1 Å². The molecule has 0 spiro atoms. The number of benzene rings is 4. The van der Waals surface area contributed by atoms with Crippen molar-refractivity contribution < 1.29 is 9.59 Å². The van der Waals surface area contributed by atoms with Crippen LogP contribution in [-0.4, -0.2) is 59.7 Å². The molecule has 5 heteroatoms. The third-order valence-electron chi connectivity index (χ3n) is 9.56. The van der Waals surface area contributed by atoms with E-state index in [9.17, 15) is 9.59 Å². The van der Waals surface area contributed by atoms with Gasteiger partial charge in [-0.15, -0.1) is 0 Å². The van der Waals surface area contributed by atoms with Crippen LogP contribution >= 0.6 is 0 Å². The van der Waals surface area contributed by atoms with E-state index in [-0.39, 0.29) is 11.8 Å². The Bertz CT molecular complexity index is 1540. The second-order valence-electron chi connectivity index (χ2n) is 13.7. The molecule has 0 radical (unpaired) electrons. The van der Waals surface area contributed by atoms with E-state index < -0.39 is 0 Å². The molecule has 0 bridgehead atoms. The summed E-state index contributed by atoms with van der Waals surface area (Å²) in [6.07, 6.45) is 9.79. The summed E-state index contributed by atoms with van der Waals surface area (Å²) in [5, 5.41) is 0. The zero-order valence-corrected chi connectivity index (χ0v) is 31.1. The van der Waals surface area contributed by atoms with Crippen molar-refractivity contribution in [2.24, 2.45) is 0 Å². The third-order valence-corrected chi connectivity index (χ3v) is 9.56. The molecule has 0 aliphatic heterocycles. The molecule has 0 saturated heterocycles. The number of hydrogen-bond acceptors (Lipinski definition) is 3. The first kappa shape index (κ1) is 38.6. The maximum absolute atomic E-state index is 14.0. The van der Waals surface area contributed by atoms with Crippen LogP contribution in [0.25, 0.3) is 11.1 Å². The molecule has 0 fully saturated rings. The highest BCUT2D eigenvalue weighted by Crippen LogP contribution is 2.22. The first-order chi connectivity index (χ1) is 24.4. The van der Waals surface area contributed by atoms with Crippen LogP contribution in [-0.2, 0) is 30.7 Å². The van der Waals surface area contributed by atoms with Gasteiger partial charge in [-0.1, -0.05) is 137 Å². The lowest BCUT2D eigenvalue weighted by atomic mass is 10.0. The number of hydrogen-bond donors (Lipinski definition) is 0. The predicted molar refractivity (Wildman–Crippen MR) is 209 cm³/mol. The Hall–Kier alpha value is -4.22. The number of aryl methyl sites for hydroxylation is 1. The van der Waals surface area contributed by atoms with Gasteiger partial charge >= 0.3 is 0 Å². The number of unbranched alkanes of at least 4 members (excludes halogenated alkanes) is 4. The molecule has 2 amide bonds. The molecule has 4 aromatic rings. The lowest BCUT2D eigenvalue weighted by molar-refractivity contribution is -0.129. The van der Waals surface area contributed by atoms with Crippen LogP contribution in [0.1, 0.15) is 98.3 Å². The van der Waals surface area contributed by atoms with Crippen LogP contribution in [0.4, 0.5) is 0 Å². The van der Waals surface area contributed by atoms with Gasteiger partial charge in [0, 0.05) is 38.8 Å². The average molecular weight is 674 g/mol. The number of likely N-dealkylation sites (N-methyl/N-ethyl adjacent to an activating group) is 1.